The summed E-state index contributed by atoms with van der Waals surface area (Å²) in [7, 11) is 4.42. The molecule has 3 aliphatic rings. The number of fused-ring (bicyclic) bond motifs is 2. The average Bonchev–Trinajstić information content (AvgIpc) is 3.59. The fourth-order valence-electron chi connectivity index (χ4n) is 9.65. The van der Waals surface area contributed by atoms with Crippen molar-refractivity contribution in [3.05, 3.63) is 216 Å². The molecular weight excluding hydrogens is 743 g/mol. The van der Waals surface area contributed by atoms with E-state index in [1.54, 1.807) is 0 Å². The van der Waals surface area contributed by atoms with Gasteiger partial charge in [0.2, 0.25) is 5.69 Å². The zero-order chi connectivity index (χ0) is 42.1. The molecule has 0 saturated heterocycles. The normalized spacial score (nSPS) is 17.9. The SMILES string of the molecule is CN1/C(=C\C=C2/CCCC(/C=C/C3=[N+](C)c4ccc(Nc5ccccc5)cc4C3(C)C)=C2N(c2ccccc2)c2ccccc2)C(C)(C)c2cc(Nc3ccccc3)ccc21. The highest BCUT2D eigenvalue weighted by Crippen LogP contribution is 2.49. The lowest BCUT2D eigenvalue weighted by Crippen LogP contribution is -2.27. The van der Waals surface area contributed by atoms with E-state index in [-0.39, 0.29) is 10.8 Å². The maximum absolute atomic E-state index is 3.62. The van der Waals surface area contributed by atoms with E-state index in [9.17, 15) is 0 Å². The second-order valence-corrected chi connectivity index (χ2v) is 17.5. The number of nitrogens with zero attached hydrogens (tertiary/aromatic N) is 3. The topological polar surface area (TPSA) is 33.6 Å². The molecule has 304 valence electrons. The van der Waals surface area contributed by atoms with E-state index in [0.717, 1.165) is 53.4 Å². The van der Waals surface area contributed by atoms with Gasteiger partial charge in [-0.15, -0.1) is 0 Å². The lowest BCUT2D eigenvalue weighted by molar-refractivity contribution is -0.401. The number of rotatable bonds is 10. The minimum Gasteiger partial charge on any atom is -0.356 e. The minimum absolute atomic E-state index is 0.198. The van der Waals surface area contributed by atoms with Gasteiger partial charge in [0.25, 0.3) is 0 Å². The maximum Gasteiger partial charge on any atom is 0.209 e. The highest BCUT2D eigenvalue weighted by molar-refractivity contribution is 6.03. The van der Waals surface area contributed by atoms with Gasteiger partial charge in [-0.3, -0.25) is 0 Å². The Balaban J connectivity index is 1.12. The number of likely N-dealkylation sites (N-methyl/N-ethyl adjacent to an activating group) is 1. The molecule has 6 aromatic carbocycles. The third kappa shape index (κ3) is 7.61. The Morgan fingerprint density at radius 3 is 1.70 bits per heavy atom. The molecule has 5 heteroatoms. The van der Waals surface area contributed by atoms with Gasteiger partial charge in [-0.25, -0.2) is 0 Å². The number of anilines is 7. The zero-order valence-corrected chi connectivity index (χ0v) is 36.3. The van der Waals surface area contributed by atoms with Gasteiger partial charge in [-0.2, -0.15) is 4.58 Å². The molecule has 0 amide bonds. The Hall–Kier alpha value is -6.85. The number of allylic oxidation sites excluding steroid dienone is 7. The lowest BCUT2D eigenvalue weighted by atomic mass is 9.80. The number of nitrogens with one attached hydrogen (secondary N) is 2. The predicted octanol–water partition coefficient (Wildman–Crippen LogP) is 14.3. The summed E-state index contributed by atoms with van der Waals surface area (Å²) in [5.41, 5.74) is 17.9. The fourth-order valence-corrected chi connectivity index (χ4v) is 9.65. The van der Waals surface area contributed by atoms with Crippen LogP contribution in [0.2, 0.25) is 0 Å². The van der Waals surface area contributed by atoms with E-state index >= 15 is 0 Å². The standard InChI is InChI=1S/C56H56N5/c1-55(2)48-38-44(57-42-22-11-7-12-23-42)32-34-50(48)59(5)52(55)36-30-40-20-19-21-41(54(40)61(46-26-15-9-16-27-46)47-28-17-10-18-29-47)31-37-53-56(3,4)49-39-45(33-35-51(49)60(53)6)58-43-24-13-8-14-25-43/h7-18,22-39,57-58H,19-21H2,1-6H3/q+1. The molecule has 0 unspecified atom stereocenters. The molecule has 0 atom stereocenters. The number of hydrogen-bond donors (Lipinski definition) is 2. The smallest absolute Gasteiger partial charge is 0.209 e. The summed E-state index contributed by atoms with van der Waals surface area (Å²) in [6.07, 6.45) is 12.7. The van der Waals surface area contributed by atoms with Crippen molar-refractivity contribution in [2.24, 2.45) is 0 Å². The highest BCUT2D eigenvalue weighted by Gasteiger charge is 2.43. The van der Waals surface area contributed by atoms with Crippen molar-refractivity contribution in [1.82, 2.24) is 0 Å². The van der Waals surface area contributed by atoms with Crippen LogP contribution in [0.5, 0.6) is 0 Å². The molecule has 0 radical (unpaired) electrons. The summed E-state index contributed by atoms with van der Waals surface area (Å²) in [4.78, 5) is 4.86. The predicted molar refractivity (Wildman–Crippen MR) is 259 cm³/mol. The zero-order valence-electron chi connectivity index (χ0n) is 36.3. The van der Waals surface area contributed by atoms with E-state index in [0.29, 0.717) is 0 Å². The van der Waals surface area contributed by atoms with Gasteiger partial charge in [-0.05, 0) is 135 Å². The fraction of sp³-hybridized carbons (Fsp3) is 0.196. The van der Waals surface area contributed by atoms with E-state index in [4.69, 9.17) is 0 Å². The molecule has 2 aliphatic heterocycles. The summed E-state index contributed by atoms with van der Waals surface area (Å²) in [6.45, 7) is 9.42. The van der Waals surface area contributed by atoms with Gasteiger partial charge in [0.05, 0.1) is 11.1 Å². The van der Waals surface area contributed by atoms with Crippen LogP contribution in [0.3, 0.4) is 0 Å². The first kappa shape index (κ1) is 39.6. The van der Waals surface area contributed by atoms with Crippen LogP contribution in [0, 0.1) is 0 Å². The molecule has 0 bridgehead atoms. The molecule has 0 aromatic heterocycles. The van der Waals surface area contributed by atoms with Crippen molar-refractivity contribution in [2.45, 2.75) is 57.8 Å². The van der Waals surface area contributed by atoms with Gasteiger partial charge in [0.1, 0.15) is 7.05 Å². The number of hydrogen-bond acceptors (Lipinski definition) is 4. The van der Waals surface area contributed by atoms with Gasteiger partial charge < -0.3 is 20.4 Å². The Morgan fingerprint density at radius 1 is 0.574 bits per heavy atom. The molecule has 61 heavy (non-hydrogen) atoms. The van der Waals surface area contributed by atoms with Gasteiger partial charge in [0, 0.05) is 75.7 Å². The van der Waals surface area contributed by atoms with Gasteiger partial charge >= 0.3 is 0 Å². The summed E-state index contributed by atoms with van der Waals surface area (Å²) in [5.74, 6) is 0. The van der Waals surface area contributed by atoms with Crippen molar-refractivity contribution < 1.29 is 4.58 Å². The molecule has 0 saturated carbocycles. The number of para-hydroxylation sites is 4. The van der Waals surface area contributed by atoms with Crippen LogP contribution in [0.15, 0.2) is 205 Å². The molecule has 9 rings (SSSR count). The Labute approximate surface area is 362 Å². The molecule has 1 aliphatic carbocycles. The van der Waals surface area contributed by atoms with Crippen LogP contribution < -0.4 is 20.4 Å². The van der Waals surface area contributed by atoms with E-state index in [2.05, 4.69) is 249 Å². The minimum atomic E-state index is -0.198. The molecular formula is C56H56N5+. The van der Waals surface area contributed by atoms with Crippen LogP contribution >= 0.6 is 0 Å². The summed E-state index contributed by atoms with van der Waals surface area (Å²) >= 11 is 0. The Morgan fingerprint density at radius 2 is 1.11 bits per heavy atom. The van der Waals surface area contributed by atoms with Gasteiger partial charge in [0.15, 0.2) is 5.71 Å². The second-order valence-electron chi connectivity index (χ2n) is 17.5. The average molecular weight is 799 g/mol. The maximum atomic E-state index is 3.62. The summed E-state index contributed by atoms with van der Waals surface area (Å²) in [5, 5.41) is 7.24. The molecule has 6 aromatic rings. The van der Waals surface area contributed by atoms with Crippen LogP contribution in [0.25, 0.3) is 0 Å². The first-order valence-electron chi connectivity index (χ1n) is 21.6. The van der Waals surface area contributed by atoms with Crippen molar-refractivity contribution >= 4 is 51.2 Å². The van der Waals surface area contributed by atoms with E-state index in [1.165, 1.54) is 50.8 Å². The van der Waals surface area contributed by atoms with Crippen LogP contribution in [0.4, 0.5) is 45.5 Å². The van der Waals surface area contributed by atoms with Gasteiger partial charge in [-0.1, -0.05) is 98.8 Å². The molecule has 2 heterocycles. The molecule has 0 spiro atoms. The largest absolute Gasteiger partial charge is 0.356 e. The van der Waals surface area contributed by atoms with E-state index in [1.807, 2.05) is 0 Å². The van der Waals surface area contributed by atoms with Crippen molar-refractivity contribution in [2.75, 3.05) is 34.5 Å². The van der Waals surface area contributed by atoms with Crippen LogP contribution in [-0.4, -0.2) is 24.4 Å². The molecule has 2 N–H and O–H groups in total. The monoisotopic (exact) mass is 798 g/mol. The summed E-state index contributed by atoms with van der Waals surface area (Å²) in [6, 6.07) is 56.1. The van der Waals surface area contributed by atoms with Crippen LogP contribution in [-0.2, 0) is 10.8 Å². The van der Waals surface area contributed by atoms with Crippen LogP contribution in [0.1, 0.15) is 58.1 Å². The quantitative estimate of drug-likeness (QED) is 0.135. The lowest BCUT2D eigenvalue weighted by Gasteiger charge is -2.34. The molecule has 0 fully saturated rings. The molecule has 5 nitrogen and oxygen atoms in total. The first-order valence-corrected chi connectivity index (χ1v) is 21.6. The van der Waals surface area contributed by atoms with Crippen molar-refractivity contribution in [1.29, 1.82) is 0 Å². The Kier molecular flexibility index (Phi) is 10.6. The first-order chi connectivity index (χ1) is 29.6. The summed E-state index contributed by atoms with van der Waals surface area (Å²) < 4.78 is 2.38. The van der Waals surface area contributed by atoms with Crippen molar-refractivity contribution in [3.8, 4) is 0 Å². The van der Waals surface area contributed by atoms with Crippen molar-refractivity contribution in [3.63, 3.8) is 0 Å². The highest BCUT2D eigenvalue weighted by atomic mass is 15.2. The third-order valence-electron chi connectivity index (χ3n) is 12.8. The third-order valence-corrected chi connectivity index (χ3v) is 12.8. The van der Waals surface area contributed by atoms with E-state index < -0.39 is 0 Å². The Bertz CT molecular complexity index is 2680. The number of benzene rings is 6. The second kappa shape index (κ2) is 16.3.